The lowest BCUT2D eigenvalue weighted by atomic mass is 10.1. The van der Waals surface area contributed by atoms with Gasteiger partial charge in [-0.25, -0.2) is 4.39 Å². The van der Waals surface area contributed by atoms with E-state index >= 15 is 0 Å². The highest BCUT2D eigenvalue weighted by molar-refractivity contribution is 7.71. The number of carbonyl (C=O) groups is 1. The second-order valence-electron chi connectivity index (χ2n) is 4.86. The summed E-state index contributed by atoms with van der Waals surface area (Å²) >= 11 is 6.66. The molecule has 0 aliphatic rings. The van der Waals surface area contributed by atoms with Gasteiger partial charge in [0.1, 0.15) is 5.82 Å². The third-order valence-electron chi connectivity index (χ3n) is 3.32. The molecule has 0 saturated heterocycles. The minimum atomic E-state index is -0.479. The number of H-pyrrole nitrogens is 2. The smallest absolute Gasteiger partial charge is 0.253 e. The van der Waals surface area contributed by atoms with Crippen LogP contribution in [0.4, 0.5) is 4.39 Å². The molecule has 0 unspecified atom stereocenters. The van der Waals surface area contributed by atoms with E-state index in [0.29, 0.717) is 22.3 Å². The van der Waals surface area contributed by atoms with Crippen molar-refractivity contribution in [2.45, 2.75) is 19.9 Å². The second kappa shape index (κ2) is 6.02. The molecule has 0 atom stereocenters. The van der Waals surface area contributed by atoms with Crippen LogP contribution in [-0.4, -0.2) is 15.9 Å². The SMILES string of the molecule is CCc1ccc(CNC(=O)c2cc(F)cc3[nH]c(=S)[nH]c23)s1. The van der Waals surface area contributed by atoms with E-state index in [1.54, 1.807) is 11.3 Å². The first-order valence-electron chi connectivity index (χ1n) is 6.84. The van der Waals surface area contributed by atoms with E-state index in [9.17, 15) is 9.18 Å². The highest BCUT2D eigenvalue weighted by Gasteiger charge is 2.14. The van der Waals surface area contributed by atoms with Crippen molar-refractivity contribution in [3.05, 3.63) is 50.2 Å². The van der Waals surface area contributed by atoms with Gasteiger partial charge in [0.15, 0.2) is 4.77 Å². The van der Waals surface area contributed by atoms with Crippen molar-refractivity contribution in [2.24, 2.45) is 0 Å². The molecule has 0 aliphatic carbocycles. The summed E-state index contributed by atoms with van der Waals surface area (Å²) in [5.41, 5.74) is 1.25. The van der Waals surface area contributed by atoms with Gasteiger partial charge in [0.05, 0.1) is 23.1 Å². The monoisotopic (exact) mass is 335 g/mol. The van der Waals surface area contributed by atoms with Crippen molar-refractivity contribution < 1.29 is 9.18 Å². The van der Waals surface area contributed by atoms with Crippen molar-refractivity contribution in [3.63, 3.8) is 0 Å². The van der Waals surface area contributed by atoms with Crippen molar-refractivity contribution in [2.75, 3.05) is 0 Å². The molecule has 0 saturated carbocycles. The van der Waals surface area contributed by atoms with Crippen molar-refractivity contribution in [1.29, 1.82) is 0 Å². The number of benzene rings is 1. The van der Waals surface area contributed by atoms with Gasteiger partial charge in [0, 0.05) is 9.75 Å². The maximum Gasteiger partial charge on any atom is 0.253 e. The quantitative estimate of drug-likeness (QED) is 0.633. The van der Waals surface area contributed by atoms with Crippen LogP contribution in [-0.2, 0) is 13.0 Å². The number of thiophene rings is 1. The zero-order chi connectivity index (χ0) is 15.7. The average molecular weight is 335 g/mol. The summed E-state index contributed by atoms with van der Waals surface area (Å²) in [6.07, 6.45) is 0.975. The summed E-state index contributed by atoms with van der Waals surface area (Å²) in [4.78, 5) is 20.4. The molecule has 3 aromatic rings. The van der Waals surface area contributed by atoms with Gasteiger partial charge in [-0.2, -0.15) is 0 Å². The van der Waals surface area contributed by atoms with Gasteiger partial charge in [0.2, 0.25) is 0 Å². The zero-order valence-corrected chi connectivity index (χ0v) is 13.5. The third-order valence-corrected chi connectivity index (χ3v) is 4.76. The summed E-state index contributed by atoms with van der Waals surface area (Å²) < 4.78 is 14.0. The fourth-order valence-corrected chi connectivity index (χ4v) is 3.37. The first-order valence-corrected chi connectivity index (χ1v) is 8.06. The number of fused-ring (bicyclic) bond motifs is 1. The number of hydrogen-bond acceptors (Lipinski definition) is 3. The second-order valence-corrected chi connectivity index (χ2v) is 6.52. The van der Waals surface area contributed by atoms with Gasteiger partial charge in [0.25, 0.3) is 5.91 Å². The number of hydrogen-bond donors (Lipinski definition) is 3. The Hall–Kier alpha value is -1.99. The maximum absolute atomic E-state index is 13.6. The molecule has 3 N–H and O–H groups in total. The van der Waals surface area contributed by atoms with Crippen LogP contribution in [0.15, 0.2) is 24.3 Å². The highest BCUT2D eigenvalue weighted by Crippen LogP contribution is 2.19. The largest absolute Gasteiger partial charge is 0.347 e. The molecule has 0 bridgehead atoms. The van der Waals surface area contributed by atoms with Crippen molar-refractivity contribution in [1.82, 2.24) is 15.3 Å². The molecule has 2 heterocycles. The molecule has 4 nitrogen and oxygen atoms in total. The minimum Gasteiger partial charge on any atom is -0.347 e. The van der Waals surface area contributed by atoms with Crippen LogP contribution >= 0.6 is 23.6 Å². The van der Waals surface area contributed by atoms with Gasteiger partial charge in [-0.05, 0) is 42.9 Å². The summed E-state index contributed by atoms with van der Waals surface area (Å²) in [6, 6.07) is 6.57. The molecule has 1 aromatic carbocycles. The predicted molar refractivity (Wildman–Crippen MR) is 88.3 cm³/mol. The summed E-state index contributed by atoms with van der Waals surface area (Å²) in [7, 11) is 0. The molecular weight excluding hydrogens is 321 g/mol. The number of nitrogens with one attached hydrogen (secondary N) is 3. The van der Waals surface area contributed by atoms with Crippen LogP contribution in [0.2, 0.25) is 0 Å². The number of carbonyl (C=O) groups excluding carboxylic acids is 1. The van der Waals surface area contributed by atoms with E-state index in [-0.39, 0.29) is 11.5 Å². The molecule has 7 heteroatoms. The molecule has 22 heavy (non-hydrogen) atoms. The van der Waals surface area contributed by atoms with Crippen LogP contribution in [0.1, 0.15) is 27.0 Å². The Morgan fingerprint density at radius 3 is 2.82 bits per heavy atom. The number of halogens is 1. The van der Waals surface area contributed by atoms with Crippen molar-refractivity contribution in [3.8, 4) is 0 Å². The third kappa shape index (κ3) is 2.95. The molecule has 0 aliphatic heterocycles. The molecule has 0 spiro atoms. The Balaban J connectivity index is 1.84. The van der Waals surface area contributed by atoms with Crippen LogP contribution in [0, 0.1) is 10.6 Å². The predicted octanol–water partition coefficient (Wildman–Crippen LogP) is 3.92. The van der Waals surface area contributed by atoms with E-state index in [1.807, 2.05) is 6.07 Å². The fraction of sp³-hybridized carbons (Fsp3) is 0.200. The lowest BCUT2D eigenvalue weighted by molar-refractivity contribution is 0.0952. The Morgan fingerprint density at radius 1 is 1.32 bits per heavy atom. The molecule has 0 fully saturated rings. The Labute approximate surface area is 135 Å². The van der Waals surface area contributed by atoms with Gasteiger partial charge in [-0.15, -0.1) is 11.3 Å². The van der Waals surface area contributed by atoms with E-state index in [2.05, 4.69) is 28.3 Å². The number of rotatable bonds is 4. The molecule has 2 aromatic heterocycles. The van der Waals surface area contributed by atoms with Gasteiger partial charge in [-0.3, -0.25) is 4.79 Å². The Morgan fingerprint density at radius 2 is 2.09 bits per heavy atom. The molecular formula is C15H14FN3OS2. The Bertz CT molecular complexity index is 894. The van der Waals surface area contributed by atoms with Crippen LogP contribution in [0.3, 0.4) is 0 Å². The van der Waals surface area contributed by atoms with Crippen LogP contribution in [0.25, 0.3) is 11.0 Å². The van der Waals surface area contributed by atoms with E-state index in [4.69, 9.17) is 12.2 Å². The number of aromatic amines is 2. The molecule has 0 radical (unpaired) electrons. The number of aryl methyl sites for hydroxylation is 1. The number of amides is 1. The average Bonchev–Trinajstić information content (AvgIpc) is 3.09. The number of aromatic nitrogens is 2. The summed E-state index contributed by atoms with van der Waals surface area (Å²) in [6.45, 7) is 2.51. The summed E-state index contributed by atoms with van der Waals surface area (Å²) in [5, 5.41) is 2.82. The molecule has 3 rings (SSSR count). The first-order chi connectivity index (χ1) is 10.6. The normalized spacial score (nSPS) is 11.0. The van der Waals surface area contributed by atoms with Gasteiger partial charge in [-0.1, -0.05) is 6.92 Å². The Kier molecular flexibility index (Phi) is 4.08. The summed E-state index contributed by atoms with van der Waals surface area (Å²) in [5.74, 6) is -0.812. The maximum atomic E-state index is 13.6. The number of imidazole rings is 1. The van der Waals surface area contributed by atoms with Gasteiger partial charge >= 0.3 is 0 Å². The molecule has 1 amide bonds. The van der Waals surface area contributed by atoms with Crippen LogP contribution < -0.4 is 5.32 Å². The van der Waals surface area contributed by atoms with Crippen molar-refractivity contribution >= 4 is 40.5 Å². The lowest BCUT2D eigenvalue weighted by Crippen LogP contribution is -2.22. The minimum absolute atomic E-state index is 0.245. The first kappa shape index (κ1) is 14.9. The lowest BCUT2D eigenvalue weighted by Gasteiger charge is -2.05. The van der Waals surface area contributed by atoms with Gasteiger partial charge < -0.3 is 15.3 Å². The van der Waals surface area contributed by atoms with E-state index in [0.717, 1.165) is 11.3 Å². The molecule has 114 valence electrons. The fourth-order valence-electron chi connectivity index (χ4n) is 2.26. The van der Waals surface area contributed by atoms with E-state index < -0.39 is 5.82 Å². The highest BCUT2D eigenvalue weighted by atomic mass is 32.1. The van der Waals surface area contributed by atoms with Crippen LogP contribution in [0.5, 0.6) is 0 Å². The van der Waals surface area contributed by atoms with E-state index in [1.165, 1.54) is 17.0 Å². The zero-order valence-electron chi connectivity index (χ0n) is 11.8. The standard InChI is InChI=1S/C15H14FN3OS2/c1-2-9-3-4-10(22-9)7-17-14(20)11-5-8(16)6-12-13(11)19-15(21)18-12/h3-6H,2,7H2,1H3,(H,17,20)(H2,18,19,21). The topological polar surface area (TPSA) is 60.7 Å².